The number of benzene rings is 2. The molecule has 0 bridgehead atoms. The monoisotopic (exact) mass is 348 g/mol. The van der Waals surface area contributed by atoms with Gasteiger partial charge in [-0.15, -0.1) is 0 Å². The van der Waals surface area contributed by atoms with Crippen LogP contribution in [0.2, 0.25) is 5.02 Å². The van der Waals surface area contributed by atoms with Crippen molar-refractivity contribution in [3.8, 4) is 0 Å². The summed E-state index contributed by atoms with van der Waals surface area (Å²) in [5, 5.41) is 12.6. The van der Waals surface area contributed by atoms with E-state index in [1.54, 1.807) is 23.1 Å². The van der Waals surface area contributed by atoms with Crippen LogP contribution in [0.25, 0.3) is 0 Å². The number of likely N-dealkylation sites (tertiary alicyclic amines) is 1. The predicted molar refractivity (Wildman–Crippen MR) is 90.4 cm³/mol. The van der Waals surface area contributed by atoms with E-state index in [2.05, 4.69) is 5.32 Å². The van der Waals surface area contributed by atoms with Crippen molar-refractivity contribution in [3.05, 3.63) is 70.5 Å². The van der Waals surface area contributed by atoms with Crippen molar-refractivity contribution < 1.29 is 14.3 Å². The lowest BCUT2D eigenvalue weighted by Crippen LogP contribution is -2.55. The zero-order chi connectivity index (χ0) is 17.1. The van der Waals surface area contributed by atoms with Gasteiger partial charge in [0.05, 0.1) is 6.04 Å². The predicted octanol–water partition coefficient (Wildman–Crippen LogP) is 3.20. The maximum Gasteiger partial charge on any atom is 0.318 e. The number of carbonyl (C=O) groups excluding carboxylic acids is 1. The normalized spacial score (nSPS) is 15.7. The van der Waals surface area contributed by atoms with Gasteiger partial charge in [0.1, 0.15) is 5.82 Å². The molecule has 6 heteroatoms. The number of amides is 2. The van der Waals surface area contributed by atoms with Crippen LogP contribution in [-0.2, 0) is 0 Å². The van der Waals surface area contributed by atoms with Gasteiger partial charge in [-0.3, -0.25) is 0 Å². The van der Waals surface area contributed by atoms with Gasteiger partial charge in [0.15, 0.2) is 0 Å². The van der Waals surface area contributed by atoms with Gasteiger partial charge in [0.2, 0.25) is 0 Å². The smallest absolute Gasteiger partial charge is 0.318 e. The van der Waals surface area contributed by atoms with Crippen LogP contribution in [-0.4, -0.2) is 35.7 Å². The molecule has 0 spiro atoms. The number of hydrogen-bond donors (Lipinski definition) is 2. The summed E-state index contributed by atoms with van der Waals surface area (Å²) in [7, 11) is 0. The maximum absolute atomic E-state index is 13.2. The molecule has 1 atom stereocenters. The molecule has 1 saturated heterocycles. The SMILES string of the molecule is O=C(N[C@H](c1ccc(F)cc1)c1ccccc1Cl)N1CC(CO)C1. The van der Waals surface area contributed by atoms with Crippen molar-refractivity contribution in [1.29, 1.82) is 0 Å². The van der Waals surface area contributed by atoms with E-state index in [4.69, 9.17) is 16.7 Å². The maximum atomic E-state index is 13.2. The number of urea groups is 1. The van der Waals surface area contributed by atoms with E-state index < -0.39 is 6.04 Å². The molecule has 0 unspecified atom stereocenters. The van der Waals surface area contributed by atoms with E-state index in [0.717, 1.165) is 11.1 Å². The summed E-state index contributed by atoms with van der Waals surface area (Å²) in [5.74, 6) is -0.197. The lowest BCUT2D eigenvalue weighted by atomic mass is 9.98. The Kier molecular flexibility index (Phi) is 5.02. The third kappa shape index (κ3) is 3.52. The van der Waals surface area contributed by atoms with Crippen LogP contribution in [0.15, 0.2) is 48.5 Å². The number of carbonyl (C=O) groups is 1. The Labute approximate surface area is 144 Å². The molecular weight excluding hydrogens is 331 g/mol. The minimum atomic E-state index is -0.472. The Morgan fingerprint density at radius 2 is 1.92 bits per heavy atom. The molecule has 126 valence electrons. The van der Waals surface area contributed by atoms with Crippen LogP contribution in [0.4, 0.5) is 9.18 Å². The Hall–Kier alpha value is -2.11. The summed E-state index contributed by atoms with van der Waals surface area (Å²) in [5.41, 5.74) is 1.50. The molecule has 2 N–H and O–H groups in total. The zero-order valence-electron chi connectivity index (χ0n) is 13.0. The quantitative estimate of drug-likeness (QED) is 0.891. The highest BCUT2D eigenvalue weighted by molar-refractivity contribution is 6.31. The van der Waals surface area contributed by atoms with Crippen molar-refractivity contribution in [2.24, 2.45) is 5.92 Å². The van der Waals surface area contributed by atoms with E-state index >= 15 is 0 Å². The second-order valence-electron chi connectivity index (χ2n) is 5.91. The average Bonchev–Trinajstić information content (AvgIpc) is 2.53. The van der Waals surface area contributed by atoms with E-state index in [9.17, 15) is 9.18 Å². The first-order valence-corrected chi connectivity index (χ1v) is 8.12. The topological polar surface area (TPSA) is 52.6 Å². The molecule has 0 saturated carbocycles. The molecule has 3 rings (SSSR count). The van der Waals surface area contributed by atoms with Crippen molar-refractivity contribution in [2.45, 2.75) is 6.04 Å². The molecule has 2 amide bonds. The number of nitrogens with zero attached hydrogens (tertiary/aromatic N) is 1. The third-order valence-corrected chi connectivity index (χ3v) is 4.53. The first-order chi connectivity index (χ1) is 11.6. The van der Waals surface area contributed by atoms with Gasteiger partial charge in [0, 0.05) is 30.6 Å². The zero-order valence-corrected chi connectivity index (χ0v) is 13.7. The molecule has 0 radical (unpaired) electrons. The van der Waals surface area contributed by atoms with E-state index in [-0.39, 0.29) is 24.4 Å². The Balaban J connectivity index is 1.84. The lowest BCUT2D eigenvalue weighted by Gasteiger charge is -2.39. The van der Waals surface area contributed by atoms with Gasteiger partial charge in [-0.1, -0.05) is 41.9 Å². The number of aliphatic hydroxyl groups is 1. The highest BCUT2D eigenvalue weighted by atomic mass is 35.5. The van der Waals surface area contributed by atoms with Crippen LogP contribution >= 0.6 is 11.6 Å². The number of hydrogen-bond acceptors (Lipinski definition) is 2. The fourth-order valence-electron chi connectivity index (χ4n) is 2.77. The molecule has 1 aliphatic heterocycles. The Morgan fingerprint density at radius 1 is 1.25 bits per heavy atom. The minimum absolute atomic E-state index is 0.0791. The molecule has 1 heterocycles. The van der Waals surface area contributed by atoms with Crippen LogP contribution < -0.4 is 5.32 Å². The standard InChI is InChI=1S/C18H18ClFN2O2/c19-16-4-2-1-3-15(16)17(13-5-7-14(20)8-6-13)21-18(24)22-9-12(10-22)11-23/h1-8,12,17,23H,9-11H2,(H,21,24)/t17-/m1/s1. The molecule has 24 heavy (non-hydrogen) atoms. The van der Waals surface area contributed by atoms with Crippen molar-refractivity contribution in [1.82, 2.24) is 10.2 Å². The molecule has 0 aliphatic carbocycles. The second kappa shape index (κ2) is 7.20. The molecule has 2 aromatic rings. The van der Waals surface area contributed by atoms with Crippen molar-refractivity contribution >= 4 is 17.6 Å². The number of rotatable bonds is 4. The average molecular weight is 349 g/mol. The van der Waals surface area contributed by atoms with Gasteiger partial charge >= 0.3 is 6.03 Å². The van der Waals surface area contributed by atoms with E-state index in [0.29, 0.717) is 18.1 Å². The lowest BCUT2D eigenvalue weighted by molar-refractivity contribution is 0.0768. The number of halogens is 2. The molecule has 2 aromatic carbocycles. The van der Waals surface area contributed by atoms with Crippen LogP contribution in [0.5, 0.6) is 0 Å². The number of nitrogens with one attached hydrogen (secondary N) is 1. The van der Waals surface area contributed by atoms with Gasteiger partial charge in [-0.05, 0) is 29.3 Å². The Morgan fingerprint density at radius 3 is 2.54 bits per heavy atom. The fraction of sp³-hybridized carbons (Fsp3) is 0.278. The molecule has 4 nitrogen and oxygen atoms in total. The van der Waals surface area contributed by atoms with Crippen LogP contribution in [0.3, 0.4) is 0 Å². The van der Waals surface area contributed by atoms with Gasteiger partial charge in [0.25, 0.3) is 0 Å². The summed E-state index contributed by atoms with van der Waals surface area (Å²) in [6, 6.07) is 12.5. The highest BCUT2D eigenvalue weighted by Gasteiger charge is 2.31. The highest BCUT2D eigenvalue weighted by Crippen LogP contribution is 2.29. The summed E-state index contributed by atoms with van der Waals surface area (Å²) in [4.78, 5) is 14.1. The Bertz CT molecular complexity index is 717. The van der Waals surface area contributed by atoms with Gasteiger partial charge in [-0.25, -0.2) is 9.18 Å². The fourth-order valence-corrected chi connectivity index (χ4v) is 3.02. The molecule has 1 fully saturated rings. The molecular formula is C18H18ClFN2O2. The molecule has 1 aliphatic rings. The van der Waals surface area contributed by atoms with E-state index in [1.165, 1.54) is 12.1 Å². The van der Waals surface area contributed by atoms with Crippen molar-refractivity contribution in [2.75, 3.05) is 19.7 Å². The summed E-state index contributed by atoms with van der Waals surface area (Å²) in [6.07, 6.45) is 0. The summed E-state index contributed by atoms with van der Waals surface area (Å²) < 4.78 is 13.2. The largest absolute Gasteiger partial charge is 0.396 e. The van der Waals surface area contributed by atoms with Crippen LogP contribution in [0, 0.1) is 11.7 Å². The van der Waals surface area contributed by atoms with Gasteiger partial charge in [-0.2, -0.15) is 0 Å². The summed E-state index contributed by atoms with van der Waals surface area (Å²) in [6.45, 7) is 1.14. The minimum Gasteiger partial charge on any atom is -0.396 e. The first-order valence-electron chi connectivity index (χ1n) is 7.74. The van der Waals surface area contributed by atoms with E-state index in [1.807, 2.05) is 18.2 Å². The van der Waals surface area contributed by atoms with Crippen LogP contribution in [0.1, 0.15) is 17.2 Å². The third-order valence-electron chi connectivity index (χ3n) is 4.19. The molecule has 0 aromatic heterocycles. The van der Waals surface area contributed by atoms with Crippen molar-refractivity contribution in [3.63, 3.8) is 0 Å². The van der Waals surface area contributed by atoms with Gasteiger partial charge < -0.3 is 15.3 Å². The number of aliphatic hydroxyl groups excluding tert-OH is 1. The second-order valence-corrected chi connectivity index (χ2v) is 6.32. The first kappa shape index (κ1) is 16.7. The summed E-state index contributed by atoms with van der Waals surface area (Å²) >= 11 is 6.28.